The van der Waals surface area contributed by atoms with Crippen LogP contribution in [0.1, 0.15) is 18.0 Å². The van der Waals surface area contributed by atoms with E-state index >= 15 is 0 Å². The minimum atomic E-state index is -0.406. The summed E-state index contributed by atoms with van der Waals surface area (Å²) < 4.78 is 5.98. The van der Waals surface area contributed by atoms with Gasteiger partial charge in [-0.05, 0) is 49.6 Å². The monoisotopic (exact) mass is 349 g/mol. The van der Waals surface area contributed by atoms with E-state index in [0.29, 0.717) is 15.6 Å². The van der Waals surface area contributed by atoms with E-state index in [9.17, 15) is 9.90 Å². The summed E-state index contributed by atoms with van der Waals surface area (Å²) in [4.78, 5) is 11.1. The molecular weight excluding hydrogens is 342 g/mol. The van der Waals surface area contributed by atoms with Gasteiger partial charge in [0.2, 0.25) is 0 Å². The molecule has 1 heterocycles. The van der Waals surface area contributed by atoms with Gasteiger partial charge in [-0.1, -0.05) is 0 Å². The molecule has 0 unspecified atom stereocenters. The predicted octanol–water partition coefficient (Wildman–Crippen LogP) is 3.09. The third-order valence-corrected chi connectivity index (χ3v) is 3.58. The molecule has 0 bridgehead atoms. The normalized spacial score (nSPS) is 20.1. The highest BCUT2D eigenvalue weighted by Crippen LogP contribution is 2.36. The van der Waals surface area contributed by atoms with Crippen LogP contribution in [0.4, 0.5) is 4.79 Å². The number of nitrogens with one attached hydrogen (secondary N) is 1. The molecule has 0 aromatic heterocycles. The molecule has 1 saturated heterocycles. The molecular formula is C10H9Br2NO3. The average molecular weight is 351 g/mol. The Labute approximate surface area is 109 Å². The van der Waals surface area contributed by atoms with Crippen molar-refractivity contribution in [3.8, 4) is 5.75 Å². The van der Waals surface area contributed by atoms with E-state index in [4.69, 9.17) is 4.74 Å². The number of carbonyl (C=O) groups is 1. The highest BCUT2D eigenvalue weighted by Gasteiger charge is 2.22. The second kappa shape index (κ2) is 4.63. The number of ether oxygens (including phenoxy) is 1. The lowest BCUT2D eigenvalue weighted by Crippen LogP contribution is -2.35. The summed E-state index contributed by atoms with van der Waals surface area (Å²) in [5.74, 6) is 0.155. The maximum absolute atomic E-state index is 11.1. The van der Waals surface area contributed by atoms with Crippen LogP contribution in [-0.4, -0.2) is 17.8 Å². The van der Waals surface area contributed by atoms with Gasteiger partial charge in [0.05, 0.1) is 21.6 Å². The summed E-state index contributed by atoms with van der Waals surface area (Å²) in [5, 5.41) is 12.3. The topological polar surface area (TPSA) is 58.6 Å². The lowest BCUT2D eigenvalue weighted by molar-refractivity contribution is 0.115. The van der Waals surface area contributed by atoms with Crippen molar-refractivity contribution in [2.45, 2.75) is 12.5 Å². The van der Waals surface area contributed by atoms with Crippen molar-refractivity contribution in [3.05, 3.63) is 26.6 Å². The van der Waals surface area contributed by atoms with Crippen LogP contribution in [0.2, 0.25) is 0 Å². The Bertz CT molecular complexity index is 413. The SMILES string of the molecule is O=C1N[C@@H](c2cc(Br)c(O)c(Br)c2)CCO1. The minimum absolute atomic E-state index is 0.0746. The zero-order valence-corrected chi connectivity index (χ0v) is 11.3. The van der Waals surface area contributed by atoms with Gasteiger partial charge in [-0.15, -0.1) is 0 Å². The molecule has 16 heavy (non-hydrogen) atoms. The highest BCUT2D eigenvalue weighted by molar-refractivity contribution is 9.11. The van der Waals surface area contributed by atoms with E-state index in [1.54, 1.807) is 12.1 Å². The fourth-order valence-electron chi connectivity index (χ4n) is 1.56. The molecule has 2 rings (SSSR count). The van der Waals surface area contributed by atoms with Crippen LogP contribution in [0.15, 0.2) is 21.1 Å². The summed E-state index contributed by atoms with van der Waals surface area (Å²) >= 11 is 6.51. The standard InChI is InChI=1S/C10H9Br2NO3/c11-6-3-5(4-7(12)9(6)14)8-1-2-16-10(15)13-8/h3-4,8,14H,1-2H2,(H,13,15)/t8-/m1/s1. The molecule has 0 radical (unpaired) electrons. The Kier molecular flexibility index (Phi) is 3.39. The maximum atomic E-state index is 11.1. The van der Waals surface area contributed by atoms with E-state index in [2.05, 4.69) is 37.2 Å². The van der Waals surface area contributed by atoms with Crippen molar-refractivity contribution in [2.75, 3.05) is 6.61 Å². The number of phenols is 1. The number of benzene rings is 1. The molecule has 1 amide bonds. The molecule has 86 valence electrons. The largest absolute Gasteiger partial charge is 0.506 e. The van der Waals surface area contributed by atoms with Gasteiger partial charge in [0.15, 0.2) is 0 Å². The second-order valence-electron chi connectivity index (χ2n) is 3.45. The van der Waals surface area contributed by atoms with Crippen LogP contribution in [0.25, 0.3) is 0 Å². The number of hydrogen-bond acceptors (Lipinski definition) is 3. The Balaban J connectivity index is 2.30. The maximum Gasteiger partial charge on any atom is 0.407 e. The van der Waals surface area contributed by atoms with Crippen molar-refractivity contribution in [1.29, 1.82) is 0 Å². The van der Waals surface area contributed by atoms with Crippen molar-refractivity contribution in [2.24, 2.45) is 0 Å². The number of halogens is 2. The van der Waals surface area contributed by atoms with E-state index in [0.717, 1.165) is 12.0 Å². The first-order valence-electron chi connectivity index (χ1n) is 4.69. The zero-order chi connectivity index (χ0) is 11.7. The van der Waals surface area contributed by atoms with Crippen LogP contribution >= 0.6 is 31.9 Å². The van der Waals surface area contributed by atoms with Crippen LogP contribution in [0.5, 0.6) is 5.75 Å². The van der Waals surface area contributed by atoms with Crippen molar-refractivity contribution in [3.63, 3.8) is 0 Å². The number of amides is 1. The van der Waals surface area contributed by atoms with E-state index in [1.165, 1.54) is 0 Å². The van der Waals surface area contributed by atoms with Crippen molar-refractivity contribution < 1.29 is 14.6 Å². The second-order valence-corrected chi connectivity index (χ2v) is 5.16. The van der Waals surface area contributed by atoms with Crippen molar-refractivity contribution >= 4 is 38.0 Å². The summed E-state index contributed by atoms with van der Waals surface area (Å²) in [5.41, 5.74) is 0.924. The van der Waals surface area contributed by atoms with E-state index in [-0.39, 0.29) is 11.8 Å². The number of rotatable bonds is 1. The van der Waals surface area contributed by atoms with Gasteiger partial charge in [-0.25, -0.2) is 4.79 Å². The molecule has 1 aliphatic heterocycles. The summed E-state index contributed by atoms with van der Waals surface area (Å²) in [6.45, 7) is 0.409. The van der Waals surface area contributed by atoms with E-state index < -0.39 is 6.09 Å². The molecule has 6 heteroatoms. The highest BCUT2D eigenvalue weighted by atomic mass is 79.9. The molecule has 1 atom stereocenters. The fourth-order valence-corrected chi connectivity index (χ4v) is 2.78. The minimum Gasteiger partial charge on any atom is -0.506 e. The van der Waals surface area contributed by atoms with Crippen LogP contribution in [0, 0.1) is 0 Å². The van der Waals surface area contributed by atoms with Gasteiger partial charge >= 0.3 is 6.09 Å². The zero-order valence-electron chi connectivity index (χ0n) is 8.17. The van der Waals surface area contributed by atoms with Gasteiger partial charge in [0.1, 0.15) is 5.75 Å². The first kappa shape index (κ1) is 11.7. The Morgan fingerprint density at radius 1 is 1.38 bits per heavy atom. The van der Waals surface area contributed by atoms with E-state index in [1.807, 2.05) is 0 Å². The van der Waals surface area contributed by atoms with Gasteiger partial charge in [-0.3, -0.25) is 0 Å². The number of aromatic hydroxyl groups is 1. The first-order chi connectivity index (χ1) is 7.58. The quantitative estimate of drug-likeness (QED) is 0.818. The van der Waals surface area contributed by atoms with Gasteiger partial charge < -0.3 is 15.2 Å². The van der Waals surface area contributed by atoms with Crippen LogP contribution in [0.3, 0.4) is 0 Å². The average Bonchev–Trinajstić information content (AvgIpc) is 2.25. The molecule has 1 aromatic carbocycles. The Hall–Kier alpha value is -0.750. The van der Waals surface area contributed by atoms with Crippen LogP contribution in [-0.2, 0) is 4.74 Å². The number of alkyl carbamates (subject to hydrolysis) is 1. The van der Waals surface area contributed by atoms with Crippen molar-refractivity contribution in [1.82, 2.24) is 5.32 Å². The molecule has 2 N–H and O–H groups in total. The van der Waals surface area contributed by atoms with Gasteiger partial charge in [0.25, 0.3) is 0 Å². The lowest BCUT2D eigenvalue weighted by Gasteiger charge is -2.24. The predicted molar refractivity (Wildman–Crippen MR) is 65.3 cm³/mol. The number of phenolic OH excluding ortho intramolecular Hbond substituents is 1. The molecule has 1 fully saturated rings. The summed E-state index contributed by atoms with van der Waals surface area (Å²) in [6.07, 6.45) is 0.312. The Morgan fingerprint density at radius 3 is 2.56 bits per heavy atom. The number of cyclic esters (lactones) is 1. The molecule has 0 saturated carbocycles. The third-order valence-electron chi connectivity index (χ3n) is 2.37. The Morgan fingerprint density at radius 2 is 2.00 bits per heavy atom. The molecule has 0 aliphatic carbocycles. The number of carbonyl (C=O) groups excluding carboxylic acids is 1. The molecule has 1 aliphatic rings. The third kappa shape index (κ3) is 2.32. The summed E-state index contributed by atoms with van der Waals surface area (Å²) in [6, 6.07) is 3.50. The summed E-state index contributed by atoms with van der Waals surface area (Å²) in [7, 11) is 0. The first-order valence-corrected chi connectivity index (χ1v) is 6.27. The molecule has 1 aromatic rings. The van der Waals surface area contributed by atoms with Gasteiger partial charge in [-0.2, -0.15) is 0 Å². The smallest absolute Gasteiger partial charge is 0.407 e. The number of hydrogen-bond donors (Lipinski definition) is 2. The van der Waals surface area contributed by atoms with Crippen LogP contribution < -0.4 is 5.32 Å². The van der Waals surface area contributed by atoms with Gasteiger partial charge in [0, 0.05) is 6.42 Å². The molecule has 4 nitrogen and oxygen atoms in total. The molecule has 0 spiro atoms. The fraction of sp³-hybridized carbons (Fsp3) is 0.300. The lowest BCUT2D eigenvalue weighted by atomic mass is 10.0.